The topological polar surface area (TPSA) is 94.5 Å². The van der Waals surface area contributed by atoms with Crippen molar-refractivity contribution in [3.8, 4) is 5.75 Å². The van der Waals surface area contributed by atoms with Crippen molar-refractivity contribution in [3.63, 3.8) is 0 Å². The zero-order valence-electron chi connectivity index (χ0n) is 25.3. The van der Waals surface area contributed by atoms with Crippen LogP contribution in [0.25, 0.3) is 0 Å². The first-order chi connectivity index (χ1) is 19.5. The molecule has 0 amide bonds. The summed E-state index contributed by atoms with van der Waals surface area (Å²) in [6.45, 7) is 4.04. The van der Waals surface area contributed by atoms with Crippen LogP contribution in [0.4, 0.5) is 0 Å². The van der Waals surface area contributed by atoms with Gasteiger partial charge in [0.15, 0.2) is 0 Å². The van der Waals surface area contributed by atoms with Gasteiger partial charge in [0.2, 0.25) is 0 Å². The number of rotatable bonds is 30. The van der Waals surface area contributed by atoms with Crippen LogP contribution < -0.4 is 4.74 Å². The Hall–Kier alpha value is -0.950. The number of phosphoric acid groups is 1. The van der Waals surface area contributed by atoms with Crippen molar-refractivity contribution in [2.75, 3.05) is 33.0 Å². The van der Waals surface area contributed by atoms with Crippen LogP contribution in [0.3, 0.4) is 0 Å². The van der Waals surface area contributed by atoms with Crippen LogP contribution in [-0.4, -0.2) is 48.9 Å². The van der Waals surface area contributed by atoms with Crippen molar-refractivity contribution < 1.29 is 33.1 Å². The second-order valence-corrected chi connectivity index (χ2v) is 12.1. The van der Waals surface area contributed by atoms with E-state index < -0.39 is 13.9 Å². The molecule has 0 spiro atoms. The molecule has 1 atom stereocenters. The average Bonchev–Trinajstić information content (AvgIpc) is 2.93. The maximum atomic E-state index is 11.3. The van der Waals surface area contributed by atoms with Gasteiger partial charge in [-0.25, -0.2) is 4.57 Å². The predicted molar refractivity (Wildman–Crippen MR) is 164 cm³/mol. The Morgan fingerprint density at radius 1 is 0.625 bits per heavy atom. The largest absolute Gasteiger partial charge is 0.491 e. The minimum Gasteiger partial charge on any atom is -0.491 e. The molecule has 40 heavy (non-hydrogen) atoms. The first-order valence-electron chi connectivity index (χ1n) is 16.1. The number of ether oxygens (including phenoxy) is 3. The molecule has 0 aliphatic rings. The lowest BCUT2D eigenvalue weighted by Gasteiger charge is -2.18. The van der Waals surface area contributed by atoms with Gasteiger partial charge < -0.3 is 24.0 Å². The molecular formula is C32H59O7P. The van der Waals surface area contributed by atoms with E-state index >= 15 is 0 Å². The van der Waals surface area contributed by atoms with E-state index in [4.69, 9.17) is 18.7 Å². The highest BCUT2D eigenvalue weighted by Gasteiger charge is 2.22. The zero-order valence-corrected chi connectivity index (χ0v) is 26.2. The van der Waals surface area contributed by atoms with Crippen molar-refractivity contribution in [2.24, 2.45) is 0 Å². The van der Waals surface area contributed by atoms with Crippen molar-refractivity contribution >= 4 is 7.82 Å². The summed E-state index contributed by atoms with van der Waals surface area (Å²) in [5.41, 5.74) is 0. The molecule has 1 rings (SSSR count). The summed E-state index contributed by atoms with van der Waals surface area (Å²) in [6, 6.07) is 9.56. The average molecular weight is 587 g/mol. The van der Waals surface area contributed by atoms with Crippen LogP contribution in [0.2, 0.25) is 0 Å². The van der Waals surface area contributed by atoms with Gasteiger partial charge in [0.05, 0.1) is 32.5 Å². The lowest BCUT2D eigenvalue weighted by Crippen LogP contribution is -2.21. The number of hydrogen-bond acceptors (Lipinski definition) is 5. The number of para-hydroxylation sites is 1. The van der Waals surface area contributed by atoms with Crippen LogP contribution in [0.1, 0.15) is 129 Å². The third-order valence-corrected chi connectivity index (χ3v) is 7.65. The SMILES string of the molecule is CCCCCCCCCCCCCCCCCCCCC(COCCOCCOc1ccccc1)OP(=O)(O)O. The maximum Gasteiger partial charge on any atom is 0.469 e. The minimum atomic E-state index is -4.54. The molecule has 1 aromatic carbocycles. The van der Waals surface area contributed by atoms with Crippen LogP contribution in [0.5, 0.6) is 5.75 Å². The normalized spacial score (nSPS) is 12.6. The van der Waals surface area contributed by atoms with Crippen LogP contribution in [0.15, 0.2) is 30.3 Å². The third kappa shape index (κ3) is 26.0. The molecule has 2 N–H and O–H groups in total. The quantitative estimate of drug-likeness (QED) is 0.0686. The first kappa shape index (κ1) is 37.1. The number of benzene rings is 1. The Morgan fingerprint density at radius 2 is 1.07 bits per heavy atom. The lowest BCUT2D eigenvalue weighted by atomic mass is 10.0. The number of phosphoric ester groups is 1. The second-order valence-electron chi connectivity index (χ2n) is 10.9. The van der Waals surface area contributed by atoms with E-state index in [1.807, 2.05) is 30.3 Å². The molecule has 8 heteroatoms. The van der Waals surface area contributed by atoms with Gasteiger partial charge in [0.25, 0.3) is 0 Å². The van der Waals surface area contributed by atoms with Gasteiger partial charge in [-0.2, -0.15) is 0 Å². The molecule has 0 saturated carbocycles. The van der Waals surface area contributed by atoms with Crippen molar-refractivity contribution in [2.45, 2.75) is 135 Å². The molecule has 1 aromatic rings. The van der Waals surface area contributed by atoms with Gasteiger partial charge in [-0.3, -0.25) is 4.52 Å². The number of unbranched alkanes of at least 4 members (excludes halogenated alkanes) is 17. The van der Waals surface area contributed by atoms with Gasteiger partial charge in [-0.05, 0) is 18.6 Å². The highest BCUT2D eigenvalue weighted by atomic mass is 31.2. The molecule has 234 valence electrons. The molecule has 0 aliphatic heterocycles. The molecule has 0 heterocycles. The molecular weight excluding hydrogens is 527 g/mol. The first-order valence-corrected chi connectivity index (χ1v) is 17.6. The monoisotopic (exact) mass is 586 g/mol. The summed E-state index contributed by atoms with van der Waals surface area (Å²) in [5, 5.41) is 0. The zero-order chi connectivity index (χ0) is 29.0. The standard InChI is InChI=1S/C32H59O7P/c1-2-3-4-5-6-7-8-9-10-11-12-13-14-15-16-17-18-20-25-32(39-40(33,34)35)30-37-27-26-36-28-29-38-31-23-21-19-22-24-31/h19,21-24,32H,2-18,20,25-30H2,1H3,(H2,33,34,35). The Balaban J connectivity index is 1.92. The molecule has 1 unspecified atom stereocenters. The van der Waals surface area contributed by atoms with Crippen LogP contribution in [-0.2, 0) is 18.6 Å². The van der Waals surface area contributed by atoms with E-state index in [2.05, 4.69) is 6.92 Å². The smallest absolute Gasteiger partial charge is 0.469 e. The van der Waals surface area contributed by atoms with Gasteiger partial charge in [-0.15, -0.1) is 0 Å². The van der Waals surface area contributed by atoms with E-state index in [1.54, 1.807) is 0 Å². The summed E-state index contributed by atoms with van der Waals surface area (Å²) in [6.07, 6.45) is 23.6. The summed E-state index contributed by atoms with van der Waals surface area (Å²) >= 11 is 0. The Labute approximate surface area is 245 Å². The summed E-state index contributed by atoms with van der Waals surface area (Å²) in [5.74, 6) is 0.805. The number of hydrogen-bond donors (Lipinski definition) is 2. The van der Waals surface area contributed by atoms with Gasteiger partial charge in [0.1, 0.15) is 12.4 Å². The van der Waals surface area contributed by atoms with E-state index in [0.29, 0.717) is 32.8 Å². The Bertz CT molecular complexity index is 698. The fourth-order valence-electron chi connectivity index (χ4n) is 4.80. The Morgan fingerprint density at radius 3 is 1.57 bits per heavy atom. The van der Waals surface area contributed by atoms with Crippen molar-refractivity contribution in [1.82, 2.24) is 0 Å². The van der Waals surface area contributed by atoms with Gasteiger partial charge in [-0.1, -0.05) is 141 Å². The predicted octanol–water partition coefficient (Wildman–Crippen LogP) is 9.01. The summed E-state index contributed by atoms with van der Waals surface area (Å²) in [4.78, 5) is 18.5. The van der Waals surface area contributed by atoms with Crippen molar-refractivity contribution in [3.05, 3.63) is 30.3 Å². The summed E-state index contributed by atoms with van der Waals surface area (Å²) < 4.78 is 32.9. The Kier molecular flexibility index (Phi) is 24.9. The highest BCUT2D eigenvalue weighted by molar-refractivity contribution is 7.46. The minimum absolute atomic E-state index is 0.147. The maximum absolute atomic E-state index is 11.3. The van der Waals surface area contributed by atoms with Gasteiger partial charge >= 0.3 is 7.82 Å². The highest BCUT2D eigenvalue weighted by Crippen LogP contribution is 2.38. The lowest BCUT2D eigenvalue weighted by molar-refractivity contribution is -0.00356. The van der Waals surface area contributed by atoms with E-state index in [-0.39, 0.29) is 6.61 Å². The summed E-state index contributed by atoms with van der Waals surface area (Å²) in [7, 11) is -4.54. The van der Waals surface area contributed by atoms with E-state index in [0.717, 1.165) is 25.0 Å². The second kappa shape index (κ2) is 26.9. The van der Waals surface area contributed by atoms with Crippen LogP contribution in [0, 0.1) is 0 Å². The molecule has 0 bridgehead atoms. The van der Waals surface area contributed by atoms with Gasteiger partial charge in [0, 0.05) is 0 Å². The van der Waals surface area contributed by atoms with Crippen molar-refractivity contribution in [1.29, 1.82) is 0 Å². The van der Waals surface area contributed by atoms with Crippen LogP contribution >= 0.6 is 7.82 Å². The fraction of sp³-hybridized carbons (Fsp3) is 0.812. The van der Waals surface area contributed by atoms with E-state index in [9.17, 15) is 14.4 Å². The molecule has 0 radical (unpaired) electrons. The molecule has 0 fully saturated rings. The molecule has 0 aromatic heterocycles. The molecule has 0 saturated heterocycles. The molecule has 0 aliphatic carbocycles. The molecule has 7 nitrogen and oxygen atoms in total. The van der Waals surface area contributed by atoms with E-state index in [1.165, 1.54) is 96.3 Å². The fourth-order valence-corrected chi connectivity index (χ4v) is 5.36. The third-order valence-electron chi connectivity index (χ3n) is 7.08.